The first-order chi connectivity index (χ1) is 7.93. The van der Waals surface area contributed by atoms with E-state index in [1.807, 2.05) is 0 Å². The second kappa shape index (κ2) is 6.52. The maximum absolute atomic E-state index is 10.9. The molecule has 0 aromatic carbocycles. The van der Waals surface area contributed by atoms with E-state index in [1.54, 1.807) is 13.8 Å². The van der Waals surface area contributed by atoms with Gasteiger partial charge in [-0.05, 0) is 13.8 Å². The van der Waals surface area contributed by atoms with Crippen LogP contribution in [0.25, 0.3) is 0 Å². The summed E-state index contributed by atoms with van der Waals surface area (Å²) in [7, 11) is 0. The number of hydrogen-bond acceptors (Lipinski definition) is 3. The van der Waals surface area contributed by atoms with Crippen molar-refractivity contribution in [2.24, 2.45) is 0 Å². The number of rotatable bonds is 4. The van der Waals surface area contributed by atoms with E-state index in [9.17, 15) is 9.59 Å². The molecule has 1 aromatic heterocycles. The Hall–Kier alpha value is -2.04. The molecule has 94 valence electrons. The number of carboxylic acid groups (broad SMARTS) is 2. The third-order valence-corrected chi connectivity index (χ3v) is 2.24. The minimum atomic E-state index is -1.08. The summed E-state index contributed by atoms with van der Waals surface area (Å²) in [6.45, 7) is 9.30. The lowest BCUT2D eigenvalue weighted by atomic mass is 10.1. The highest BCUT2D eigenvalue weighted by molar-refractivity contribution is 5.91. The molecule has 1 rings (SSSR count). The summed E-state index contributed by atoms with van der Waals surface area (Å²) in [5.41, 5.74) is 0.650. The van der Waals surface area contributed by atoms with Gasteiger partial charge in [-0.25, -0.2) is 4.79 Å². The predicted octanol–water partition coefficient (Wildman–Crippen LogP) is 2.41. The Morgan fingerprint density at radius 3 is 2.18 bits per heavy atom. The first-order valence-electron chi connectivity index (χ1n) is 4.97. The van der Waals surface area contributed by atoms with Crippen molar-refractivity contribution in [3.63, 3.8) is 0 Å². The Morgan fingerprint density at radius 2 is 1.76 bits per heavy atom. The fraction of sp³-hybridized carbons (Fsp3) is 0.333. The number of aryl methyl sites for hydroxylation is 2. The minimum absolute atomic E-state index is 0.0914. The highest BCUT2D eigenvalue weighted by Gasteiger charge is 2.20. The molecule has 17 heavy (non-hydrogen) atoms. The van der Waals surface area contributed by atoms with Crippen molar-refractivity contribution in [2.45, 2.75) is 26.7 Å². The number of aliphatic carboxylic acids is 1. The summed E-state index contributed by atoms with van der Waals surface area (Å²) in [5.74, 6) is -1.30. The van der Waals surface area contributed by atoms with E-state index >= 15 is 0 Å². The summed E-state index contributed by atoms with van der Waals surface area (Å²) in [6.07, 6.45) is -0.0294. The van der Waals surface area contributed by atoms with Crippen LogP contribution in [0.2, 0.25) is 0 Å². The highest BCUT2D eigenvalue weighted by Crippen LogP contribution is 2.22. The fourth-order valence-electron chi connectivity index (χ4n) is 1.37. The molecule has 0 aliphatic carbocycles. The van der Waals surface area contributed by atoms with E-state index < -0.39 is 11.9 Å². The average molecular weight is 240 g/mol. The van der Waals surface area contributed by atoms with E-state index in [0.29, 0.717) is 11.3 Å². The molecule has 5 heteroatoms. The molecule has 0 saturated heterocycles. The first kappa shape index (κ1) is 15.0. The van der Waals surface area contributed by atoms with Gasteiger partial charge in [0.1, 0.15) is 17.1 Å². The van der Waals surface area contributed by atoms with Gasteiger partial charge in [-0.15, -0.1) is 13.2 Å². The summed E-state index contributed by atoms with van der Waals surface area (Å²) in [4.78, 5) is 21.2. The van der Waals surface area contributed by atoms with Crippen molar-refractivity contribution in [3.8, 4) is 0 Å². The SMILES string of the molecule is C=C.Cc1oc(CCC(=O)O)c(C(=O)O)c1C. The van der Waals surface area contributed by atoms with Crippen molar-refractivity contribution in [1.82, 2.24) is 0 Å². The molecule has 0 bridgehead atoms. The van der Waals surface area contributed by atoms with E-state index in [1.165, 1.54) is 0 Å². The quantitative estimate of drug-likeness (QED) is 0.789. The standard InChI is InChI=1S/C10H12O5.C2H4/c1-5-6(2)15-7(3-4-8(11)12)9(5)10(13)14;1-2/h3-4H2,1-2H3,(H,11,12)(H,13,14);1-2H2. The molecule has 0 spiro atoms. The zero-order chi connectivity index (χ0) is 13.6. The molecule has 0 amide bonds. The van der Waals surface area contributed by atoms with Crippen molar-refractivity contribution < 1.29 is 24.2 Å². The van der Waals surface area contributed by atoms with Crippen molar-refractivity contribution in [2.75, 3.05) is 0 Å². The third-order valence-electron chi connectivity index (χ3n) is 2.24. The molecule has 0 radical (unpaired) electrons. The van der Waals surface area contributed by atoms with Gasteiger partial charge in [0.25, 0.3) is 0 Å². The molecule has 0 aliphatic heterocycles. The van der Waals surface area contributed by atoms with Crippen LogP contribution in [0.15, 0.2) is 17.6 Å². The molecule has 0 unspecified atom stereocenters. The second-order valence-electron chi connectivity index (χ2n) is 3.28. The summed E-state index contributed by atoms with van der Waals surface area (Å²) >= 11 is 0. The summed E-state index contributed by atoms with van der Waals surface area (Å²) in [5, 5.41) is 17.4. The van der Waals surface area contributed by atoms with Crippen LogP contribution in [0, 0.1) is 13.8 Å². The molecule has 0 atom stereocenters. The zero-order valence-electron chi connectivity index (χ0n) is 9.95. The molecular formula is C12H16O5. The normalized spacial score (nSPS) is 9.29. The van der Waals surface area contributed by atoms with Gasteiger partial charge >= 0.3 is 11.9 Å². The average Bonchev–Trinajstić information content (AvgIpc) is 2.55. The number of furan rings is 1. The summed E-state index contributed by atoms with van der Waals surface area (Å²) < 4.78 is 5.21. The van der Waals surface area contributed by atoms with Gasteiger partial charge in [0, 0.05) is 12.0 Å². The minimum Gasteiger partial charge on any atom is -0.481 e. The third kappa shape index (κ3) is 3.79. The Morgan fingerprint density at radius 1 is 1.24 bits per heavy atom. The Balaban J connectivity index is 0.00000121. The fourth-order valence-corrected chi connectivity index (χ4v) is 1.37. The smallest absolute Gasteiger partial charge is 0.339 e. The molecule has 0 fully saturated rings. The largest absolute Gasteiger partial charge is 0.481 e. The topological polar surface area (TPSA) is 87.7 Å². The Bertz CT molecular complexity index is 417. The van der Waals surface area contributed by atoms with Crippen molar-refractivity contribution in [1.29, 1.82) is 0 Å². The van der Waals surface area contributed by atoms with Gasteiger partial charge in [0.05, 0.1) is 6.42 Å². The molecule has 1 heterocycles. The van der Waals surface area contributed by atoms with Gasteiger partial charge < -0.3 is 14.6 Å². The second-order valence-corrected chi connectivity index (χ2v) is 3.28. The monoisotopic (exact) mass is 240 g/mol. The van der Waals surface area contributed by atoms with E-state index in [4.69, 9.17) is 14.6 Å². The Labute approximate surface area is 99.4 Å². The maximum atomic E-state index is 10.9. The van der Waals surface area contributed by atoms with Gasteiger partial charge in [-0.2, -0.15) is 0 Å². The van der Waals surface area contributed by atoms with Crippen LogP contribution in [-0.4, -0.2) is 22.2 Å². The molecule has 0 saturated carbocycles. The molecule has 0 aliphatic rings. The zero-order valence-corrected chi connectivity index (χ0v) is 9.95. The van der Waals surface area contributed by atoms with Crippen LogP contribution in [-0.2, 0) is 11.2 Å². The predicted molar refractivity (Wildman–Crippen MR) is 62.4 cm³/mol. The molecule has 2 N–H and O–H groups in total. The van der Waals surface area contributed by atoms with Crippen molar-refractivity contribution >= 4 is 11.9 Å². The molecule has 5 nitrogen and oxygen atoms in total. The van der Waals surface area contributed by atoms with E-state index in [0.717, 1.165) is 0 Å². The number of aromatic carboxylic acids is 1. The van der Waals surface area contributed by atoms with Crippen LogP contribution in [0.3, 0.4) is 0 Å². The van der Waals surface area contributed by atoms with E-state index in [2.05, 4.69) is 13.2 Å². The number of carboxylic acids is 2. The van der Waals surface area contributed by atoms with E-state index in [-0.39, 0.29) is 24.2 Å². The lowest BCUT2D eigenvalue weighted by Gasteiger charge is -1.96. The highest BCUT2D eigenvalue weighted by atomic mass is 16.4. The lowest BCUT2D eigenvalue weighted by molar-refractivity contribution is -0.137. The molecular weight excluding hydrogens is 224 g/mol. The van der Waals surface area contributed by atoms with Crippen LogP contribution >= 0.6 is 0 Å². The van der Waals surface area contributed by atoms with Gasteiger partial charge in [-0.3, -0.25) is 4.79 Å². The molecule has 1 aromatic rings. The maximum Gasteiger partial charge on any atom is 0.339 e. The van der Waals surface area contributed by atoms with Gasteiger partial charge in [0.15, 0.2) is 0 Å². The van der Waals surface area contributed by atoms with Crippen molar-refractivity contribution in [3.05, 3.63) is 35.8 Å². The van der Waals surface area contributed by atoms with Gasteiger partial charge in [0.2, 0.25) is 0 Å². The number of hydrogen-bond donors (Lipinski definition) is 2. The summed E-state index contributed by atoms with van der Waals surface area (Å²) in [6, 6.07) is 0. The lowest BCUT2D eigenvalue weighted by Crippen LogP contribution is -2.04. The Kier molecular flexibility index (Phi) is 5.74. The van der Waals surface area contributed by atoms with Crippen LogP contribution in [0.1, 0.15) is 33.9 Å². The van der Waals surface area contributed by atoms with Crippen LogP contribution in [0.4, 0.5) is 0 Å². The first-order valence-corrected chi connectivity index (χ1v) is 4.97. The van der Waals surface area contributed by atoms with Crippen LogP contribution < -0.4 is 0 Å². The van der Waals surface area contributed by atoms with Crippen LogP contribution in [0.5, 0.6) is 0 Å². The van der Waals surface area contributed by atoms with Gasteiger partial charge in [-0.1, -0.05) is 0 Å². The number of carbonyl (C=O) groups is 2.